The van der Waals surface area contributed by atoms with Crippen molar-refractivity contribution in [2.75, 3.05) is 26.4 Å². The van der Waals surface area contributed by atoms with Crippen LogP contribution in [-0.2, 0) is 38.1 Å². The average Bonchev–Trinajstić information content (AvgIpc) is 2.52. The van der Waals surface area contributed by atoms with Crippen LogP contribution in [0.2, 0.25) is 0 Å². The molecular weight excluding hydrogens is 336 g/mol. The van der Waals surface area contributed by atoms with E-state index in [0.717, 1.165) is 12.2 Å². The Kier molecular flexibility index (Phi) is 13.1. The molecule has 25 heavy (non-hydrogen) atoms. The maximum Gasteiger partial charge on any atom is 0.333 e. The zero-order valence-electron chi connectivity index (χ0n) is 14.2. The van der Waals surface area contributed by atoms with Gasteiger partial charge in [0.05, 0.1) is 0 Å². The second kappa shape index (κ2) is 13.5. The maximum absolute atomic E-state index is 11.3. The van der Waals surface area contributed by atoms with E-state index in [-0.39, 0.29) is 43.0 Å². The van der Waals surface area contributed by atoms with Gasteiger partial charge in [0, 0.05) is 23.3 Å². The van der Waals surface area contributed by atoms with E-state index >= 15 is 0 Å². The minimum Gasteiger partial charge on any atom is -0.459 e. The summed E-state index contributed by atoms with van der Waals surface area (Å²) in [5.74, 6) is -2.77. The summed E-state index contributed by atoms with van der Waals surface area (Å²) in [5, 5.41) is 0. The molecule has 0 aliphatic heterocycles. The van der Waals surface area contributed by atoms with Gasteiger partial charge in [0.25, 0.3) is 0 Å². The number of esters is 4. The van der Waals surface area contributed by atoms with E-state index < -0.39 is 23.9 Å². The van der Waals surface area contributed by atoms with Crippen LogP contribution in [0.3, 0.4) is 0 Å². The smallest absolute Gasteiger partial charge is 0.333 e. The molecule has 140 valence electrons. The van der Waals surface area contributed by atoms with Gasteiger partial charge < -0.3 is 24.4 Å². The van der Waals surface area contributed by atoms with Crippen LogP contribution in [0.5, 0.6) is 0 Å². The van der Waals surface area contributed by atoms with Crippen molar-refractivity contribution in [1.82, 2.24) is 0 Å². The Bertz CT molecular complexity index is 498. The summed E-state index contributed by atoms with van der Waals surface area (Å²) in [6.45, 7) is 9.20. The molecule has 0 rings (SSSR count). The van der Waals surface area contributed by atoms with E-state index in [1.807, 2.05) is 0 Å². The van der Waals surface area contributed by atoms with Gasteiger partial charge in [-0.05, 0) is 13.8 Å². The summed E-state index contributed by atoms with van der Waals surface area (Å²) in [6, 6.07) is 0. The van der Waals surface area contributed by atoms with Crippen LogP contribution in [0.25, 0.3) is 0 Å². The van der Waals surface area contributed by atoms with E-state index in [0.29, 0.717) is 0 Å². The molecule has 0 radical (unpaired) electrons. The first-order valence-electron chi connectivity index (χ1n) is 6.91. The van der Waals surface area contributed by atoms with Crippen molar-refractivity contribution >= 4 is 23.9 Å². The van der Waals surface area contributed by atoms with Crippen LogP contribution in [0.1, 0.15) is 13.8 Å². The molecule has 0 fully saturated rings. The molecule has 0 aliphatic carbocycles. The lowest BCUT2D eigenvalue weighted by Crippen LogP contribution is -2.14. The topological polar surface area (TPSA) is 137 Å². The number of hydrogen-bond acceptors (Lipinski definition) is 8. The number of carbonyl (C=O) groups excluding carboxylic acids is 4. The van der Waals surface area contributed by atoms with E-state index in [1.165, 1.54) is 13.8 Å². The van der Waals surface area contributed by atoms with Gasteiger partial charge in [0.2, 0.25) is 0 Å². The molecule has 0 heterocycles. The number of rotatable bonds is 10. The minimum absolute atomic E-state index is 0. The molecule has 0 amide bonds. The monoisotopic (exact) mass is 358 g/mol. The van der Waals surface area contributed by atoms with Crippen molar-refractivity contribution in [3.8, 4) is 0 Å². The molecule has 2 N–H and O–H groups in total. The summed E-state index contributed by atoms with van der Waals surface area (Å²) >= 11 is 0. The second-order valence-corrected chi connectivity index (χ2v) is 4.50. The van der Waals surface area contributed by atoms with Crippen LogP contribution in [-0.4, -0.2) is 55.8 Å². The lowest BCUT2D eigenvalue weighted by Gasteiger charge is -2.05. The summed E-state index contributed by atoms with van der Waals surface area (Å²) in [5.41, 5.74) is 0.468. The van der Waals surface area contributed by atoms with Crippen molar-refractivity contribution < 1.29 is 43.6 Å². The lowest BCUT2D eigenvalue weighted by molar-refractivity contribution is -0.147. The quantitative estimate of drug-likeness (QED) is 0.231. The first-order valence-corrected chi connectivity index (χ1v) is 6.91. The van der Waals surface area contributed by atoms with Crippen molar-refractivity contribution in [3.05, 3.63) is 36.5 Å². The predicted molar refractivity (Wildman–Crippen MR) is 86.2 cm³/mol. The van der Waals surface area contributed by atoms with Crippen molar-refractivity contribution in [3.63, 3.8) is 0 Å². The van der Waals surface area contributed by atoms with Crippen LogP contribution in [0, 0.1) is 0 Å². The average molecular weight is 358 g/mol. The highest BCUT2D eigenvalue weighted by atomic mass is 16.6. The Morgan fingerprint density at radius 1 is 0.680 bits per heavy atom. The van der Waals surface area contributed by atoms with Crippen LogP contribution in [0.15, 0.2) is 36.5 Å². The highest BCUT2D eigenvalue weighted by molar-refractivity contribution is 5.91. The molecular formula is C16H22O9. The van der Waals surface area contributed by atoms with Crippen molar-refractivity contribution in [1.29, 1.82) is 0 Å². The Hall–Kier alpha value is -2.94. The molecule has 0 spiro atoms. The first-order chi connectivity index (χ1) is 11.2. The molecule has 9 nitrogen and oxygen atoms in total. The summed E-state index contributed by atoms with van der Waals surface area (Å²) in [4.78, 5) is 44.6. The van der Waals surface area contributed by atoms with Crippen LogP contribution >= 0.6 is 0 Å². The third-order valence-corrected chi connectivity index (χ3v) is 2.17. The largest absolute Gasteiger partial charge is 0.459 e. The molecule has 0 atom stereocenters. The van der Waals surface area contributed by atoms with Gasteiger partial charge in [-0.3, -0.25) is 0 Å². The van der Waals surface area contributed by atoms with E-state index in [4.69, 9.17) is 9.47 Å². The summed E-state index contributed by atoms with van der Waals surface area (Å²) in [7, 11) is 0. The van der Waals surface area contributed by atoms with E-state index in [1.54, 1.807) is 0 Å². The zero-order valence-corrected chi connectivity index (χ0v) is 14.2. The highest BCUT2D eigenvalue weighted by Gasteiger charge is 2.05. The van der Waals surface area contributed by atoms with E-state index in [9.17, 15) is 19.2 Å². The minimum atomic E-state index is -0.799. The molecule has 0 aromatic carbocycles. The van der Waals surface area contributed by atoms with Gasteiger partial charge in [-0.2, -0.15) is 0 Å². The molecule has 0 saturated carbocycles. The Morgan fingerprint density at radius 2 is 0.960 bits per heavy atom. The highest BCUT2D eigenvalue weighted by Crippen LogP contribution is 1.93. The molecule has 0 unspecified atom stereocenters. The molecule has 0 saturated heterocycles. The van der Waals surface area contributed by atoms with Crippen molar-refractivity contribution in [2.24, 2.45) is 0 Å². The van der Waals surface area contributed by atoms with Gasteiger partial charge in [0.1, 0.15) is 26.4 Å². The van der Waals surface area contributed by atoms with Gasteiger partial charge in [-0.15, -0.1) is 0 Å². The Labute approximate surface area is 145 Å². The van der Waals surface area contributed by atoms with Gasteiger partial charge in [-0.1, -0.05) is 13.2 Å². The molecule has 9 heteroatoms. The maximum atomic E-state index is 11.3. The Morgan fingerprint density at radius 3 is 1.24 bits per heavy atom. The first kappa shape index (κ1) is 24.3. The number of carbonyl (C=O) groups is 4. The predicted octanol–water partition coefficient (Wildman–Crippen LogP) is 0.0429. The fraction of sp³-hybridized carbons (Fsp3) is 0.375. The summed E-state index contributed by atoms with van der Waals surface area (Å²) < 4.78 is 18.8. The fourth-order valence-corrected chi connectivity index (χ4v) is 1.03. The Balaban J connectivity index is 0. The van der Waals surface area contributed by atoms with Gasteiger partial charge >= 0.3 is 23.9 Å². The second-order valence-electron chi connectivity index (χ2n) is 4.50. The van der Waals surface area contributed by atoms with Crippen LogP contribution in [0.4, 0.5) is 0 Å². The number of hydrogen-bond donors (Lipinski definition) is 0. The van der Waals surface area contributed by atoms with Crippen LogP contribution < -0.4 is 0 Å². The summed E-state index contributed by atoms with van der Waals surface area (Å²) in [6.07, 6.45) is 1.73. The zero-order chi connectivity index (χ0) is 18.5. The number of ether oxygens (including phenoxy) is 4. The normalized spacial score (nSPS) is 9.52. The third-order valence-electron chi connectivity index (χ3n) is 2.17. The van der Waals surface area contributed by atoms with Gasteiger partial charge in [0.15, 0.2) is 0 Å². The molecule has 0 bridgehead atoms. The SMILES string of the molecule is C=C(C)C(=O)OCCOC(=O)/C=C\C(=O)OCCOC(=O)C(=C)C.O. The van der Waals surface area contributed by atoms with Gasteiger partial charge in [-0.25, -0.2) is 19.2 Å². The van der Waals surface area contributed by atoms with E-state index in [2.05, 4.69) is 22.6 Å². The van der Waals surface area contributed by atoms with Crippen molar-refractivity contribution in [2.45, 2.75) is 13.8 Å². The molecule has 0 aromatic rings. The lowest BCUT2D eigenvalue weighted by atomic mass is 10.4. The third kappa shape index (κ3) is 13.2. The molecule has 0 aromatic heterocycles. The fourth-order valence-electron chi connectivity index (χ4n) is 1.03. The molecule has 0 aliphatic rings. The standard InChI is InChI=1S/C16H20O8.H2O/c1-11(2)15(19)23-9-7-21-13(17)5-6-14(18)22-8-10-24-16(20)12(3)4;/h5-6H,1,3,7-10H2,2,4H3;1H2/b6-5-;.